The van der Waals surface area contributed by atoms with E-state index in [4.69, 9.17) is 0 Å². The summed E-state index contributed by atoms with van der Waals surface area (Å²) >= 11 is 0. The van der Waals surface area contributed by atoms with E-state index in [0.29, 0.717) is 24.0 Å². The molecule has 5 rings (SSSR count). The average Bonchev–Trinajstić information content (AvgIpc) is 2.63. The van der Waals surface area contributed by atoms with Gasteiger partial charge >= 0.3 is 0 Å². The van der Waals surface area contributed by atoms with Gasteiger partial charge in [-0.25, -0.2) is 4.98 Å². The Labute approximate surface area is 150 Å². The summed E-state index contributed by atoms with van der Waals surface area (Å²) in [5.74, 6) is 0.848. The van der Waals surface area contributed by atoms with E-state index in [2.05, 4.69) is 16.0 Å². The van der Waals surface area contributed by atoms with Crippen LogP contribution in [0.15, 0.2) is 58.3 Å². The summed E-state index contributed by atoms with van der Waals surface area (Å²) in [6.07, 6.45) is 2.88. The zero-order valence-electron chi connectivity index (χ0n) is 14.4. The monoisotopic (exact) mass is 348 g/mol. The van der Waals surface area contributed by atoms with Crippen LogP contribution in [0, 0.1) is 5.92 Å². The van der Waals surface area contributed by atoms with E-state index in [1.54, 1.807) is 22.7 Å². The van der Waals surface area contributed by atoms with Crippen LogP contribution < -0.4 is 11.1 Å². The quantitative estimate of drug-likeness (QED) is 0.704. The van der Waals surface area contributed by atoms with Crippen LogP contribution in [0.1, 0.15) is 23.7 Å². The molecular formula is C20H20N4O2. The molecule has 1 fully saturated rings. The Bertz CT molecular complexity index is 1100. The SMILES string of the molecule is O=c1cccc2n1C[C@@H]1C[C@H]2CN(Cc2cc(=O)n3ccccc3n2)C1. The zero-order chi connectivity index (χ0) is 17.7. The number of likely N-dealkylation sites (tertiary alicyclic amines) is 1. The Morgan fingerprint density at radius 2 is 1.92 bits per heavy atom. The molecule has 0 unspecified atom stereocenters. The summed E-state index contributed by atoms with van der Waals surface area (Å²) < 4.78 is 3.51. The molecule has 6 nitrogen and oxygen atoms in total. The van der Waals surface area contributed by atoms with Gasteiger partial charge in [-0.15, -0.1) is 0 Å². The second kappa shape index (κ2) is 5.92. The van der Waals surface area contributed by atoms with Crippen LogP contribution in [0.4, 0.5) is 0 Å². The van der Waals surface area contributed by atoms with Crippen molar-refractivity contribution in [1.29, 1.82) is 0 Å². The van der Waals surface area contributed by atoms with Gasteiger partial charge in [0.15, 0.2) is 0 Å². The van der Waals surface area contributed by atoms with E-state index in [9.17, 15) is 9.59 Å². The molecule has 26 heavy (non-hydrogen) atoms. The molecule has 2 aliphatic heterocycles. The fraction of sp³-hybridized carbons (Fsp3) is 0.350. The van der Waals surface area contributed by atoms with Crippen LogP contribution in [-0.2, 0) is 13.1 Å². The summed E-state index contributed by atoms with van der Waals surface area (Å²) in [5, 5.41) is 0. The number of aromatic nitrogens is 3. The molecule has 6 heteroatoms. The van der Waals surface area contributed by atoms with Gasteiger partial charge in [0.1, 0.15) is 5.65 Å². The minimum absolute atomic E-state index is 0.0419. The third-order valence-electron chi connectivity index (χ3n) is 5.57. The maximum atomic E-state index is 12.3. The van der Waals surface area contributed by atoms with Crippen molar-refractivity contribution in [3.05, 3.63) is 80.8 Å². The largest absolute Gasteiger partial charge is 0.312 e. The first-order chi connectivity index (χ1) is 12.7. The second-order valence-electron chi connectivity index (χ2n) is 7.41. The average molecular weight is 348 g/mol. The number of hydrogen-bond donors (Lipinski definition) is 0. The van der Waals surface area contributed by atoms with Gasteiger partial charge in [0.2, 0.25) is 0 Å². The summed E-state index contributed by atoms with van der Waals surface area (Å²) in [6, 6.07) is 12.8. The van der Waals surface area contributed by atoms with Crippen molar-refractivity contribution in [2.45, 2.75) is 25.4 Å². The topological polar surface area (TPSA) is 59.6 Å². The lowest BCUT2D eigenvalue weighted by atomic mass is 9.83. The van der Waals surface area contributed by atoms with Crippen molar-refractivity contribution in [2.24, 2.45) is 5.92 Å². The first kappa shape index (κ1) is 15.5. The molecule has 3 aromatic heterocycles. The Morgan fingerprint density at radius 3 is 2.85 bits per heavy atom. The molecule has 132 valence electrons. The second-order valence-corrected chi connectivity index (χ2v) is 7.41. The molecule has 2 bridgehead atoms. The molecule has 0 radical (unpaired) electrons. The van der Waals surface area contributed by atoms with Crippen molar-refractivity contribution in [1.82, 2.24) is 18.9 Å². The van der Waals surface area contributed by atoms with Crippen LogP contribution >= 0.6 is 0 Å². The van der Waals surface area contributed by atoms with Crippen LogP contribution in [0.2, 0.25) is 0 Å². The van der Waals surface area contributed by atoms with Crippen molar-refractivity contribution in [3.63, 3.8) is 0 Å². The lowest BCUT2D eigenvalue weighted by Gasteiger charge is -2.42. The molecule has 0 N–H and O–H groups in total. The summed E-state index contributed by atoms with van der Waals surface area (Å²) in [7, 11) is 0. The molecule has 5 heterocycles. The number of fused-ring (bicyclic) bond motifs is 5. The third kappa shape index (κ3) is 2.57. The van der Waals surface area contributed by atoms with Crippen molar-refractivity contribution in [2.75, 3.05) is 13.1 Å². The van der Waals surface area contributed by atoms with Gasteiger partial charge < -0.3 is 4.57 Å². The van der Waals surface area contributed by atoms with E-state index in [-0.39, 0.29) is 11.1 Å². The maximum absolute atomic E-state index is 12.3. The number of pyridine rings is 2. The molecule has 3 aromatic rings. The van der Waals surface area contributed by atoms with Crippen LogP contribution in [0.25, 0.3) is 5.65 Å². The first-order valence-corrected chi connectivity index (χ1v) is 9.07. The normalized spacial score (nSPS) is 22.3. The fourth-order valence-corrected chi connectivity index (χ4v) is 4.54. The van der Waals surface area contributed by atoms with Gasteiger partial charge in [-0.3, -0.25) is 18.9 Å². The van der Waals surface area contributed by atoms with Crippen LogP contribution in [0.5, 0.6) is 0 Å². The molecule has 1 saturated heterocycles. The number of hydrogen-bond acceptors (Lipinski definition) is 4. The highest BCUT2D eigenvalue weighted by Crippen LogP contribution is 2.35. The standard InChI is InChI=1S/C20H20N4O2/c25-19-6-3-4-17-15-8-14(11-24(17)19)10-22(12-15)13-16-9-20(26)23-7-2-1-5-18(23)21-16/h1-7,9,14-15H,8,10-13H2/t14-,15+/m1/s1. The number of nitrogens with zero attached hydrogens (tertiary/aromatic N) is 4. The zero-order valence-corrected chi connectivity index (χ0v) is 14.4. The fourth-order valence-electron chi connectivity index (χ4n) is 4.54. The summed E-state index contributed by atoms with van der Waals surface area (Å²) in [6.45, 7) is 3.30. The molecule has 0 aliphatic carbocycles. The number of piperidine rings is 1. The van der Waals surface area contributed by atoms with Gasteiger partial charge in [0.25, 0.3) is 11.1 Å². The summed E-state index contributed by atoms with van der Waals surface area (Å²) in [4.78, 5) is 31.5. The minimum atomic E-state index is -0.0419. The van der Waals surface area contributed by atoms with Crippen LogP contribution in [0.3, 0.4) is 0 Å². The van der Waals surface area contributed by atoms with E-state index in [1.165, 1.54) is 0 Å². The van der Waals surface area contributed by atoms with E-state index in [1.807, 2.05) is 28.8 Å². The van der Waals surface area contributed by atoms with Crippen LogP contribution in [-0.4, -0.2) is 31.9 Å². The molecule has 0 amide bonds. The highest BCUT2D eigenvalue weighted by molar-refractivity contribution is 5.38. The number of rotatable bonds is 2. The molecule has 0 aromatic carbocycles. The molecule has 0 spiro atoms. The Morgan fingerprint density at radius 1 is 1.00 bits per heavy atom. The molecule has 0 saturated carbocycles. The van der Waals surface area contributed by atoms with Crippen molar-refractivity contribution in [3.8, 4) is 0 Å². The predicted molar refractivity (Wildman–Crippen MR) is 98.3 cm³/mol. The minimum Gasteiger partial charge on any atom is -0.312 e. The van der Waals surface area contributed by atoms with E-state index < -0.39 is 0 Å². The van der Waals surface area contributed by atoms with E-state index >= 15 is 0 Å². The Kier molecular flexibility index (Phi) is 3.53. The maximum Gasteiger partial charge on any atom is 0.258 e. The molecular weight excluding hydrogens is 328 g/mol. The molecule has 2 aliphatic rings. The first-order valence-electron chi connectivity index (χ1n) is 9.07. The third-order valence-corrected chi connectivity index (χ3v) is 5.57. The highest BCUT2D eigenvalue weighted by Gasteiger charge is 2.34. The van der Waals surface area contributed by atoms with Gasteiger partial charge in [-0.2, -0.15) is 0 Å². The Hall–Kier alpha value is -2.73. The van der Waals surface area contributed by atoms with Crippen molar-refractivity contribution >= 4 is 5.65 Å². The predicted octanol–water partition coefficient (Wildman–Crippen LogP) is 1.48. The lowest BCUT2D eigenvalue weighted by Crippen LogP contribution is -2.46. The van der Waals surface area contributed by atoms with Gasteiger partial charge in [0.05, 0.1) is 5.69 Å². The lowest BCUT2D eigenvalue weighted by molar-refractivity contribution is 0.113. The molecule has 2 atom stereocenters. The van der Waals surface area contributed by atoms with Gasteiger partial charge in [0, 0.05) is 56.1 Å². The highest BCUT2D eigenvalue weighted by atomic mass is 16.1. The van der Waals surface area contributed by atoms with Gasteiger partial charge in [-0.05, 0) is 30.5 Å². The Balaban J connectivity index is 1.43. The summed E-state index contributed by atoms with van der Waals surface area (Å²) in [5.41, 5.74) is 2.70. The van der Waals surface area contributed by atoms with Gasteiger partial charge in [-0.1, -0.05) is 12.1 Å². The van der Waals surface area contributed by atoms with E-state index in [0.717, 1.165) is 37.4 Å². The smallest absolute Gasteiger partial charge is 0.258 e. The van der Waals surface area contributed by atoms with Crippen molar-refractivity contribution < 1.29 is 0 Å².